The molecule has 0 atom stereocenters. The normalized spacial score (nSPS) is 12.3. The Kier molecular flexibility index (Phi) is 6.09. The van der Waals surface area contributed by atoms with Crippen LogP contribution in [0.25, 0.3) is 10.9 Å². The van der Waals surface area contributed by atoms with E-state index in [1.165, 1.54) is 12.3 Å². The maximum atomic E-state index is 12.8. The maximum Gasteiger partial charge on any atom is 0.416 e. The van der Waals surface area contributed by atoms with Gasteiger partial charge in [0.05, 0.1) is 16.0 Å². The molecule has 3 aromatic rings. The Balaban J connectivity index is 1.60. The molecular formula is C20H20F3N3O2S. The molecule has 1 aromatic heterocycles. The van der Waals surface area contributed by atoms with E-state index in [9.17, 15) is 21.6 Å². The van der Waals surface area contributed by atoms with E-state index in [0.29, 0.717) is 29.6 Å². The number of fused-ring (bicyclic) bond motifs is 1. The summed E-state index contributed by atoms with van der Waals surface area (Å²) < 4.78 is 65.8. The van der Waals surface area contributed by atoms with Crippen LogP contribution in [-0.4, -0.2) is 26.5 Å². The Morgan fingerprint density at radius 1 is 1.03 bits per heavy atom. The van der Waals surface area contributed by atoms with Crippen molar-refractivity contribution < 1.29 is 21.6 Å². The molecule has 0 aliphatic rings. The largest absolute Gasteiger partial charge is 0.416 e. The van der Waals surface area contributed by atoms with E-state index in [2.05, 4.69) is 15.0 Å². The van der Waals surface area contributed by atoms with E-state index in [0.717, 1.165) is 12.1 Å². The van der Waals surface area contributed by atoms with Crippen molar-refractivity contribution in [1.29, 1.82) is 0 Å². The van der Waals surface area contributed by atoms with Crippen LogP contribution in [0.4, 0.5) is 18.9 Å². The summed E-state index contributed by atoms with van der Waals surface area (Å²) in [5.74, 6) is 0. The van der Waals surface area contributed by atoms with Crippen molar-refractivity contribution in [2.45, 2.75) is 24.4 Å². The molecule has 2 aromatic carbocycles. The smallest absolute Gasteiger partial charge is 0.384 e. The van der Waals surface area contributed by atoms with Gasteiger partial charge in [0.2, 0.25) is 10.0 Å². The highest BCUT2D eigenvalue weighted by Crippen LogP contribution is 2.32. The van der Waals surface area contributed by atoms with Crippen LogP contribution in [0.2, 0.25) is 0 Å². The van der Waals surface area contributed by atoms with Crippen LogP contribution in [0, 0.1) is 6.92 Å². The highest BCUT2D eigenvalue weighted by atomic mass is 32.2. The van der Waals surface area contributed by atoms with Gasteiger partial charge in [0.15, 0.2) is 0 Å². The molecule has 1 heterocycles. The minimum absolute atomic E-state index is 0.227. The topological polar surface area (TPSA) is 71.1 Å². The number of halogens is 3. The molecule has 0 fully saturated rings. The quantitative estimate of drug-likeness (QED) is 0.555. The van der Waals surface area contributed by atoms with Crippen LogP contribution in [0.5, 0.6) is 0 Å². The number of rotatable bonds is 7. The number of hydrogen-bond donors (Lipinski definition) is 2. The molecular weight excluding hydrogens is 403 g/mol. The predicted octanol–water partition coefficient (Wildman–Crippen LogP) is 4.34. The second-order valence-electron chi connectivity index (χ2n) is 6.53. The van der Waals surface area contributed by atoms with Crippen molar-refractivity contribution in [3.63, 3.8) is 0 Å². The Morgan fingerprint density at radius 3 is 2.52 bits per heavy atom. The number of benzene rings is 2. The zero-order valence-corrected chi connectivity index (χ0v) is 16.4. The Morgan fingerprint density at radius 2 is 1.79 bits per heavy atom. The van der Waals surface area contributed by atoms with Crippen LogP contribution in [0.3, 0.4) is 0 Å². The average Bonchev–Trinajstić information content (AvgIpc) is 2.67. The number of anilines is 1. The summed E-state index contributed by atoms with van der Waals surface area (Å²) in [7, 11) is -3.58. The molecule has 0 amide bonds. The summed E-state index contributed by atoms with van der Waals surface area (Å²) >= 11 is 0. The summed E-state index contributed by atoms with van der Waals surface area (Å²) in [6, 6.07) is 11.8. The molecule has 0 bridgehead atoms. The highest BCUT2D eigenvalue weighted by molar-refractivity contribution is 7.89. The van der Waals surface area contributed by atoms with E-state index < -0.39 is 21.8 Å². The molecule has 0 spiro atoms. The van der Waals surface area contributed by atoms with E-state index in [-0.39, 0.29) is 17.0 Å². The minimum atomic E-state index is -4.42. The van der Waals surface area contributed by atoms with Gasteiger partial charge in [-0.15, -0.1) is 0 Å². The summed E-state index contributed by atoms with van der Waals surface area (Å²) in [5.41, 5.74) is 0.801. The van der Waals surface area contributed by atoms with Crippen molar-refractivity contribution in [1.82, 2.24) is 9.71 Å². The fraction of sp³-hybridized carbons (Fsp3) is 0.250. The number of alkyl halides is 3. The Bertz CT molecular complexity index is 1120. The molecule has 9 heteroatoms. The number of aromatic nitrogens is 1. The molecule has 29 heavy (non-hydrogen) atoms. The fourth-order valence-corrected chi connectivity index (χ4v) is 4.25. The van der Waals surface area contributed by atoms with Crippen LogP contribution < -0.4 is 10.0 Å². The number of hydrogen-bond acceptors (Lipinski definition) is 4. The third-order valence-corrected chi connectivity index (χ3v) is 6.04. The summed E-state index contributed by atoms with van der Waals surface area (Å²) in [4.78, 5) is 4.25. The molecule has 0 aliphatic heterocycles. The standard InChI is InChI=1S/C20H20F3N3O2S/c1-14-5-2-3-6-19(14)29(27,28)26-11-4-10-24-17-9-12-25-18-13-15(20(21,22)23)7-8-16(17)18/h2-3,5-9,12-13,26H,4,10-11H2,1H3,(H,24,25). The molecule has 2 N–H and O–H groups in total. The monoisotopic (exact) mass is 423 g/mol. The SMILES string of the molecule is Cc1ccccc1S(=O)(=O)NCCCNc1ccnc2cc(C(F)(F)F)ccc12. The molecule has 0 saturated heterocycles. The number of nitrogens with one attached hydrogen (secondary N) is 2. The van der Waals surface area contributed by atoms with E-state index in [1.807, 2.05) is 0 Å². The van der Waals surface area contributed by atoms with Gasteiger partial charge >= 0.3 is 6.18 Å². The van der Waals surface area contributed by atoms with Crippen molar-refractivity contribution >= 4 is 26.6 Å². The lowest BCUT2D eigenvalue weighted by Crippen LogP contribution is -2.26. The second-order valence-corrected chi connectivity index (χ2v) is 8.27. The van der Waals surface area contributed by atoms with Crippen LogP contribution in [0.1, 0.15) is 17.5 Å². The van der Waals surface area contributed by atoms with Crippen molar-refractivity contribution in [3.8, 4) is 0 Å². The summed E-state index contributed by atoms with van der Waals surface area (Å²) in [6.07, 6.45) is -2.49. The van der Waals surface area contributed by atoms with E-state index >= 15 is 0 Å². The molecule has 0 aliphatic carbocycles. The molecule has 3 rings (SSSR count). The third-order valence-electron chi connectivity index (χ3n) is 4.41. The first-order chi connectivity index (χ1) is 13.7. The Hall–Kier alpha value is -2.65. The molecule has 0 saturated carbocycles. The molecule has 154 valence electrons. The first-order valence-electron chi connectivity index (χ1n) is 8.93. The highest BCUT2D eigenvalue weighted by Gasteiger charge is 2.30. The number of nitrogens with zero attached hydrogens (tertiary/aromatic N) is 1. The van der Waals surface area contributed by atoms with Crippen LogP contribution in [-0.2, 0) is 16.2 Å². The van der Waals surface area contributed by atoms with Gasteiger partial charge in [-0.25, -0.2) is 13.1 Å². The number of aryl methyl sites for hydroxylation is 1. The third kappa shape index (κ3) is 5.04. The van der Waals surface area contributed by atoms with Gasteiger partial charge in [-0.2, -0.15) is 13.2 Å². The molecule has 5 nitrogen and oxygen atoms in total. The van der Waals surface area contributed by atoms with E-state index in [1.54, 1.807) is 37.3 Å². The van der Waals surface area contributed by atoms with Gasteiger partial charge < -0.3 is 5.32 Å². The van der Waals surface area contributed by atoms with Crippen molar-refractivity contribution in [2.24, 2.45) is 0 Å². The van der Waals surface area contributed by atoms with Gasteiger partial charge in [-0.3, -0.25) is 4.98 Å². The first kappa shape index (κ1) is 21.1. The predicted molar refractivity (Wildman–Crippen MR) is 106 cm³/mol. The average molecular weight is 423 g/mol. The summed E-state index contributed by atoms with van der Waals surface area (Å²) in [6.45, 7) is 2.40. The lowest BCUT2D eigenvalue weighted by Gasteiger charge is -2.12. The van der Waals surface area contributed by atoms with Crippen molar-refractivity contribution in [2.75, 3.05) is 18.4 Å². The van der Waals surface area contributed by atoms with Gasteiger partial charge in [0, 0.05) is 30.4 Å². The molecule has 0 radical (unpaired) electrons. The summed E-state index contributed by atoms with van der Waals surface area (Å²) in [5, 5.41) is 3.70. The van der Waals surface area contributed by atoms with Gasteiger partial charge in [-0.1, -0.05) is 24.3 Å². The number of sulfonamides is 1. The van der Waals surface area contributed by atoms with Gasteiger partial charge in [0.1, 0.15) is 0 Å². The van der Waals surface area contributed by atoms with Crippen molar-refractivity contribution in [3.05, 3.63) is 65.9 Å². The molecule has 0 unspecified atom stereocenters. The lowest BCUT2D eigenvalue weighted by molar-refractivity contribution is -0.137. The number of pyridine rings is 1. The fourth-order valence-electron chi connectivity index (χ4n) is 2.93. The van der Waals surface area contributed by atoms with Gasteiger partial charge in [-0.05, 0) is 43.2 Å². The zero-order valence-electron chi connectivity index (χ0n) is 15.6. The lowest BCUT2D eigenvalue weighted by atomic mass is 10.1. The van der Waals surface area contributed by atoms with E-state index in [4.69, 9.17) is 0 Å². The minimum Gasteiger partial charge on any atom is -0.384 e. The first-order valence-corrected chi connectivity index (χ1v) is 10.4. The zero-order chi connectivity index (χ0) is 21.1. The maximum absolute atomic E-state index is 12.8. The van der Waals surface area contributed by atoms with Gasteiger partial charge in [0.25, 0.3) is 0 Å². The second kappa shape index (κ2) is 8.38. The van der Waals surface area contributed by atoms with Crippen LogP contribution in [0.15, 0.2) is 59.6 Å². The Labute approximate surface area is 167 Å². The van der Waals surface area contributed by atoms with Crippen LogP contribution >= 0.6 is 0 Å².